The number of alkyl halides is 3. The Labute approximate surface area is 173 Å². The molecule has 9 heteroatoms. The van der Waals surface area contributed by atoms with Crippen LogP contribution in [-0.2, 0) is 16.7 Å². The zero-order chi connectivity index (χ0) is 21.0. The number of carbonyl (C=O) groups is 1. The maximum atomic E-state index is 12.7. The number of hydrogen-bond donors (Lipinski definition) is 1. The highest BCUT2D eigenvalue weighted by atomic mass is 32.2. The van der Waals surface area contributed by atoms with Gasteiger partial charge < -0.3 is 9.84 Å². The Bertz CT molecular complexity index is 1000. The molecule has 1 N–H and O–H groups in total. The highest BCUT2D eigenvalue weighted by Gasteiger charge is 2.30. The van der Waals surface area contributed by atoms with Crippen LogP contribution in [-0.4, -0.2) is 22.7 Å². The average Bonchev–Trinajstić information content (AvgIpc) is 3.05. The lowest BCUT2D eigenvalue weighted by molar-refractivity contribution is -0.139. The van der Waals surface area contributed by atoms with E-state index < -0.39 is 24.3 Å². The number of aliphatic carboxylic acids is 1. The summed E-state index contributed by atoms with van der Waals surface area (Å²) in [5, 5.41) is 9.36. The van der Waals surface area contributed by atoms with Gasteiger partial charge in [-0.15, -0.1) is 23.1 Å². The Hall–Kier alpha value is -2.52. The summed E-state index contributed by atoms with van der Waals surface area (Å²) in [5.74, 6) is 0.0648. The van der Waals surface area contributed by atoms with Crippen LogP contribution in [0.3, 0.4) is 0 Å². The van der Waals surface area contributed by atoms with Crippen molar-refractivity contribution in [2.75, 3.05) is 6.61 Å². The van der Waals surface area contributed by atoms with Crippen molar-refractivity contribution in [1.29, 1.82) is 0 Å². The van der Waals surface area contributed by atoms with Gasteiger partial charge in [0.2, 0.25) is 0 Å². The molecule has 0 bridgehead atoms. The van der Waals surface area contributed by atoms with Gasteiger partial charge >= 0.3 is 12.1 Å². The third kappa shape index (κ3) is 5.74. The fourth-order valence-corrected chi connectivity index (χ4v) is 4.59. The summed E-state index contributed by atoms with van der Waals surface area (Å²) in [4.78, 5) is 17.0. The van der Waals surface area contributed by atoms with Crippen molar-refractivity contribution in [2.45, 2.75) is 23.7 Å². The first-order valence-electron chi connectivity index (χ1n) is 8.44. The maximum absolute atomic E-state index is 12.7. The molecule has 0 fully saturated rings. The first kappa shape index (κ1) is 21.2. The lowest BCUT2D eigenvalue weighted by Gasteiger charge is -2.06. The molecule has 1 aromatic heterocycles. The monoisotopic (exact) mass is 439 g/mol. The lowest BCUT2D eigenvalue weighted by Crippen LogP contribution is -2.09. The molecule has 0 radical (unpaired) electrons. The van der Waals surface area contributed by atoms with Crippen LogP contribution in [0.1, 0.15) is 16.1 Å². The van der Waals surface area contributed by atoms with Gasteiger partial charge in [0.25, 0.3) is 0 Å². The normalized spacial score (nSPS) is 11.4. The summed E-state index contributed by atoms with van der Waals surface area (Å²) >= 11 is 2.99. The molecule has 3 rings (SSSR count). The smallest absolute Gasteiger partial charge is 0.416 e. The second-order valence-corrected chi connectivity index (χ2v) is 8.18. The number of thiazole rings is 1. The Morgan fingerprint density at radius 3 is 2.59 bits per heavy atom. The third-order valence-electron chi connectivity index (χ3n) is 3.89. The molecule has 152 valence electrons. The Morgan fingerprint density at radius 1 is 1.21 bits per heavy atom. The van der Waals surface area contributed by atoms with Crippen LogP contribution in [0.25, 0.3) is 10.6 Å². The zero-order valence-corrected chi connectivity index (χ0v) is 16.8. The van der Waals surface area contributed by atoms with E-state index in [1.54, 1.807) is 30.0 Å². The van der Waals surface area contributed by atoms with E-state index in [1.807, 2.05) is 13.0 Å². The molecule has 0 aliphatic rings. The molecule has 0 saturated heterocycles. The molecule has 0 spiro atoms. The number of nitrogens with zero attached hydrogens (tertiary/aromatic N) is 1. The molecule has 29 heavy (non-hydrogen) atoms. The van der Waals surface area contributed by atoms with E-state index in [1.165, 1.54) is 23.5 Å². The molecular weight excluding hydrogens is 423 g/mol. The molecule has 4 nitrogen and oxygen atoms in total. The fraction of sp³-hybridized carbons (Fsp3) is 0.200. The van der Waals surface area contributed by atoms with Crippen LogP contribution in [0.5, 0.6) is 5.75 Å². The van der Waals surface area contributed by atoms with Gasteiger partial charge in [0.1, 0.15) is 10.8 Å². The van der Waals surface area contributed by atoms with E-state index in [4.69, 9.17) is 9.84 Å². The summed E-state index contributed by atoms with van der Waals surface area (Å²) in [6.45, 7) is 1.46. The van der Waals surface area contributed by atoms with E-state index in [2.05, 4.69) is 4.98 Å². The van der Waals surface area contributed by atoms with Crippen LogP contribution in [0.2, 0.25) is 0 Å². The number of halogens is 3. The van der Waals surface area contributed by atoms with Crippen molar-refractivity contribution >= 4 is 29.1 Å². The summed E-state index contributed by atoms with van der Waals surface area (Å²) in [7, 11) is 0. The minimum atomic E-state index is -4.36. The predicted octanol–water partition coefficient (Wildman–Crippen LogP) is 5.89. The number of carboxylic acid groups (broad SMARTS) is 1. The van der Waals surface area contributed by atoms with E-state index in [0.717, 1.165) is 27.6 Å². The molecule has 0 amide bonds. The third-order valence-corrected chi connectivity index (χ3v) is 6.30. The van der Waals surface area contributed by atoms with Crippen LogP contribution in [0.4, 0.5) is 13.2 Å². The quantitative estimate of drug-likeness (QED) is 0.465. The number of rotatable bonds is 7. The Morgan fingerprint density at radius 2 is 1.93 bits per heavy atom. The first-order valence-corrected chi connectivity index (χ1v) is 10.2. The molecule has 0 unspecified atom stereocenters. The lowest BCUT2D eigenvalue weighted by atomic mass is 10.1. The van der Waals surface area contributed by atoms with Crippen molar-refractivity contribution in [3.05, 3.63) is 64.7 Å². The minimum Gasteiger partial charge on any atom is -0.482 e. The molecule has 2 aromatic carbocycles. The van der Waals surface area contributed by atoms with E-state index in [9.17, 15) is 18.0 Å². The molecule has 3 aromatic rings. The largest absolute Gasteiger partial charge is 0.482 e. The number of ether oxygens (including phenoxy) is 1. The maximum Gasteiger partial charge on any atom is 0.416 e. The van der Waals surface area contributed by atoms with E-state index >= 15 is 0 Å². The number of aryl methyl sites for hydroxylation is 1. The summed E-state index contributed by atoms with van der Waals surface area (Å²) in [5.41, 5.74) is 0.789. The van der Waals surface area contributed by atoms with Crippen molar-refractivity contribution < 1.29 is 27.8 Å². The van der Waals surface area contributed by atoms with Gasteiger partial charge in [-0.2, -0.15) is 13.2 Å². The summed E-state index contributed by atoms with van der Waals surface area (Å²) in [6, 6.07) is 12.1. The van der Waals surface area contributed by atoms with Crippen LogP contribution < -0.4 is 4.74 Å². The van der Waals surface area contributed by atoms with Crippen LogP contribution in [0, 0.1) is 6.92 Å². The van der Waals surface area contributed by atoms with Gasteiger partial charge in [-0.25, -0.2) is 9.78 Å². The van der Waals surface area contributed by atoms with E-state index in [0.29, 0.717) is 22.1 Å². The van der Waals surface area contributed by atoms with Crippen molar-refractivity contribution in [1.82, 2.24) is 4.98 Å². The van der Waals surface area contributed by atoms with Crippen LogP contribution >= 0.6 is 23.1 Å². The van der Waals surface area contributed by atoms with Gasteiger partial charge in [0.15, 0.2) is 6.61 Å². The molecular formula is C20H16F3NO3S2. The number of thioether (sulfide) groups is 1. The molecule has 0 aliphatic carbocycles. The highest BCUT2D eigenvalue weighted by Crippen LogP contribution is 2.35. The highest BCUT2D eigenvalue weighted by molar-refractivity contribution is 7.98. The van der Waals surface area contributed by atoms with Crippen LogP contribution in [0.15, 0.2) is 53.4 Å². The summed E-state index contributed by atoms with van der Waals surface area (Å²) in [6.07, 6.45) is -4.36. The van der Waals surface area contributed by atoms with Gasteiger partial charge in [-0.3, -0.25) is 0 Å². The van der Waals surface area contributed by atoms with Crippen molar-refractivity contribution in [2.24, 2.45) is 0 Å². The Kier molecular flexibility index (Phi) is 6.49. The van der Waals surface area contributed by atoms with Gasteiger partial charge in [0, 0.05) is 21.1 Å². The second-order valence-electron chi connectivity index (χ2n) is 6.05. The fourth-order valence-electron chi connectivity index (χ4n) is 2.43. The molecule has 0 saturated carbocycles. The van der Waals surface area contributed by atoms with Gasteiger partial charge in [0.05, 0.1) is 11.3 Å². The Balaban J connectivity index is 1.68. The molecule has 0 aliphatic heterocycles. The predicted molar refractivity (Wildman–Crippen MR) is 106 cm³/mol. The van der Waals surface area contributed by atoms with Gasteiger partial charge in [-0.05, 0) is 37.3 Å². The molecule has 0 atom stereocenters. The van der Waals surface area contributed by atoms with E-state index in [-0.39, 0.29) is 0 Å². The second kappa shape index (κ2) is 8.87. The number of benzene rings is 2. The van der Waals surface area contributed by atoms with Gasteiger partial charge in [-0.1, -0.05) is 18.2 Å². The first-order chi connectivity index (χ1) is 13.7. The topological polar surface area (TPSA) is 59.4 Å². The standard InChI is InChI=1S/C20H16F3NO3S2/c1-12-17(11-28-16-4-2-3-15(9-16)27-10-18(25)26)29-19(24-12)13-5-7-14(8-6-13)20(21,22)23/h2-9H,10-11H2,1H3,(H,25,26). The SMILES string of the molecule is Cc1nc(-c2ccc(C(F)(F)F)cc2)sc1CSc1cccc(OCC(=O)O)c1. The van der Waals surface area contributed by atoms with Crippen molar-refractivity contribution in [3.8, 4) is 16.3 Å². The average molecular weight is 439 g/mol. The number of carboxylic acids is 1. The van der Waals surface area contributed by atoms with Crippen molar-refractivity contribution in [3.63, 3.8) is 0 Å². The summed E-state index contributed by atoms with van der Waals surface area (Å²) < 4.78 is 43.3. The number of hydrogen-bond acceptors (Lipinski definition) is 5. The number of aromatic nitrogens is 1. The minimum absolute atomic E-state index is 0.404. The zero-order valence-electron chi connectivity index (χ0n) is 15.2. The molecule has 1 heterocycles.